The smallest absolute Gasteiger partial charge is 0.155 e. The lowest BCUT2D eigenvalue weighted by molar-refractivity contribution is 0.102. The predicted molar refractivity (Wildman–Crippen MR) is 62.0 cm³/mol. The van der Waals surface area contributed by atoms with Crippen molar-refractivity contribution in [1.82, 2.24) is 9.97 Å². The van der Waals surface area contributed by atoms with Crippen LogP contribution >= 0.6 is 11.6 Å². The fourth-order valence-corrected chi connectivity index (χ4v) is 1.43. The van der Waals surface area contributed by atoms with Crippen LogP contribution in [0.5, 0.6) is 0 Å². The average Bonchev–Trinajstić information content (AvgIpc) is 2.30. The second-order valence-corrected chi connectivity index (χ2v) is 3.66. The SMILES string of the molecule is Clc1ccnc(COCc2ccccc2)n1. The van der Waals surface area contributed by atoms with Crippen LogP contribution in [0.25, 0.3) is 0 Å². The predicted octanol–water partition coefficient (Wildman–Crippen LogP) is 2.85. The highest BCUT2D eigenvalue weighted by atomic mass is 35.5. The Morgan fingerprint density at radius 1 is 1.06 bits per heavy atom. The molecule has 0 N–H and O–H groups in total. The molecule has 0 unspecified atom stereocenters. The van der Waals surface area contributed by atoms with Crippen LogP contribution in [0.15, 0.2) is 42.6 Å². The van der Waals surface area contributed by atoms with E-state index in [1.54, 1.807) is 12.3 Å². The monoisotopic (exact) mass is 234 g/mol. The van der Waals surface area contributed by atoms with E-state index >= 15 is 0 Å². The molecule has 0 saturated carbocycles. The Kier molecular flexibility index (Phi) is 3.86. The molecule has 0 fully saturated rings. The lowest BCUT2D eigenvalue weighted by atomic mass is 10.2. The molecular weight excluding hydrogens is 224 g/mol. The van der Waals surface area contributed by atoms with Crippen molar-refractivity contribution in [2.75, 3.05) is 0 Å². The molecule has 0 amide bonds. The summed E-state index contributed by atoms with van der Waals surface area (Å²) in [5, 5.41) is 0.438. The largest absolute Gasteiger partial charge is 0.369 e. The summed E-state index contributed by atoms with van der Waals surface area (Å²) in [7, 11) is 0. The topological polar surface area (TPSA) is 35.0 Å². The van der Waals surface area contributed by atoms with Gasteiger partial charge in [0.15, 0.2) is 5.82 Å². The van der Waals surface area contributed by atoms with Gasteiger partial charge < -0.3 is 4.74 Å². The molecular formula is C12H11ClN2O. The van der Waals surface area contributed by atoms with E-state index in [0.717, 1.165) is 5.56 Å². The van der Waals surface area contributed by atoms with Gasteiger partial charge in [0.25, 0.3) is 0 Å². The zero-order valence-corrected chi connectivity index (χ0v) is 9.39. The van der Waals surface area contributed by atoms with E-state index in [4.69, 9.17) is 16.3 Å². The van der Waals surface area contributed by atoms with Crippen LogP contribution in [0.3, 0.4) is 0 Å². The summed E-state index contributed by atoms with van der Waals surface area (Å²) in [6.07, 6.45) is 1.62. The van der Waals surface area contributed by atoms with Crippen LogP contribution < -0.4 is 0 Å². The summed E-state index contributed by atoms with van der Waals surface area (Å²) in [5.41, 5.74) is 1.13. The van der Waals surface area contributed by atoms with Gasteiger partial charge in [0.1, 0.15) is 11.8 Å². The average molecular weight is 235 g/mol. The van der Waals surface area contributed by atoms with Gasteiger partial charge in [0, 0.05) is 6.20 Å². The summed E-state index contributed by atoms with van der Waals surface area (Å²) >= 11 is 5.73. The molecule has 0 aliphatic carbocycles. The molecule has 0 saturated heterocycles. The van der Waals surface area contributed by atoms with Crippen molar-refractivity contribution in [2.45, 2.75) is 13.2 Å². The van der Waals surface area contributed by atoms with Crippen molar-refractivity contribution in [3.63, 3.8) is 0 Å². The molecule has 1 aromatic carbocycles. The van der Waals surface area contributed by atoms with Crippen LogP contribution in [0.1, 0.15) is 11.4 Å². The van der Waals surface area contributed by atoms with Crippen molar-refractivity contribution in [1.29, 1.82) is 0 Å². The van der Waals surface area contributed by atoms with Gasteiger partial charge in [-0.1, -0.05) is 41.9 Å². The summed E-state index contributed by atoms with van der Waals surface area (Å²) in [5.74, 6) is 0.600. The number of aromatic nitrogens is 2. The lowest BCUT2D eigenvalue weighted by Gasteiger charge is -2.03. The molecule has 0 radical (unpaired) electrons. The first kappa shape index (κ1) is 11.0. The first-order valence-corrected chi connectivity index (χ1v) is 5.31. The Hall–Kier alpha value is -1.45. The molecule has 0 atom stereocenters. The highest BCUT2D eigenvalue weighted by Crippen LogP contribution is 2.05. The van der Waals surface area contributed by atoms with E-state index in [1.165, 1.54) is 0 Å². The molecule has 0 bridgehead atoms. The van der Waals surface area contributed by atoms with E-state index < -0.39 is 0 Å². The minimum absolute atomic E-state index is 0.370. The molecule has 16 heavy (non-hydrogen) atoms. The molecule has 82 valence electrons. The maximum atomic E-state index is 5.73. The Bertz CT molecular complexity index is 448. The number of nitrogens with zero attached hydrogens (tertiary/aromatic N) is 2. The number of rotatable bonds is 4. The van der Waals surface area contributed by atoms with E-state index in [2.05, 4.69) is 9.97 Å². The van der Waals surface area contributed by atoms with Gasteiger partial charge in [-0.15, -0.1) is 0 Å². The van der Waals surface area contributed by atoms with Crippen molar-refractivity contribution in [3.05, 3.63) is 59.1 Å². The second-order valence-electron chi connectivity index (χ2n) is 3.27. The van der Waals surface area contributed by atoms with E-state index in [-0.39, 0.29) is 0 Å². The molecule has 0 aliphatic heterocycles. The minimum atomic E-state index is 0.370. The van der Waals surface area contributed by atoms with Crippen LogP contribution in [0, 0.1) is 0 Å². The Labute approximate surface area is 99.1 Å². The van der Waals surface area contributed by atoms with Crippen LogP contribution in [-0.2, 0) is 18.0 Å². The number of ether oxygens (including phenoxy) is 1. The van der Waals surface area contributed by atoms with Gasteiger partial charge in [0.2, 0.25) is 0 Å². The van der Waals surface area contributed by atoms with Crippen molar-refractivity contribution < 1.29 is 4.74 Å². The minimum Gasteiger partial charge on any atom is -0.369 e. The summed E-state index contributed by atoms with van der Waals surface area (Å²) in [6.45, 7) is 0.923. The zero-order chi connectivity index (χ0) is 11.2. The van der Waals surface area contributed by atoms with Gasteiger partial charge in [-0.2, -0.15) is 0 Å². The van der Waals surface area contributed by atoms with E-state index in [1.807, 2.05) is 30.3 Å². The van der Waals surface area contributed by atoms with Gasteiger partial charge >= 0.3 is 0 Å². The van der Waals surface area contributed by atoms with E-state index in [9.17, 15) is 0 Å². The Morgan fingerprint density at radius 2 is 1.88 bits per heavy atom. The summed E-state index contributed by atoms with van der Waals surface area (Å²) < 4.78 is 5.48. The van der Waals surface area contributed by atoms with Crippen LogP contribution in [0.4, 0.5) is 0 Å². The van der Waals surface area contributed by atoms with Crippen LogP contribution in [0.2, 0.25) is 5.15 Å². The van der Waals surface area contributed by atoms with Crippen molar-refractivity contribution >= 4 is 11.6 Å². The van der Waals surface area contributed by atoms with Gasteiger partial charge in [-0.3, -0.25) is 0 Å². The number of halogens is 1. The lowest BCUT2D eigenvalue weighted by Crippen LogP contribution is -1.99. The Balaban J connectivity index is 1.85. The molecule has 0 spiro atoms. The van der Waals surface area contributed by atoms with Crippen LogP contribution in [-0.4, -0.2) is 9.97 Å². The van der Waals surface area contributed by atoms with Gasteiger partial charge in [0.05, 0.1) is 6.61 Å². The maximum Gasteiger partial charge on any atom is 0.155 e. The highest BCUT2D eigenvalue weighted by Gasteiger charge is 1.98. The first-order chi connectivity index (χ1) is 7.84. The summed E-state index contributed by atoms with van der Waals surface area (Å²) in [4.78, 5) is 8.08. The molecule has 2 rings (SSSR count). The number of hydrogen-bond donors (Lipinski definition) is 0. The van der Waals surface area contributed by atoms with Crippen molar-refractivity contribution in [2.24, 2.45) is 0 Å². The summed E-state index contributed by atoms with van der Waals surface area (Å²) in [6, 6.07) is 11.6. The van der Waals surface area contributed by atoms with Gasteiger partial charge in [-0.25, -0.2) is 9.97 Å². The third kappa shape index (κ3) is 3.29. The molecule has 4 heteroatoms. The van der Waals surface area contributed by atoms with E-state index in [0.29, 0.717) is 24.2 Å². The highest BCUT2D eigenvalue weighted by molar-refractivity contribution is 6.29. The number of hydrogen-bond acceptors (Lipinski definition) is 3. The number of benzene rings is 1. The Morgan fingerprint density at radius 3 is 2.62 bits per heavy atom. The molecule has 2 aromatic rings. The quantitative estimate of drug-likeness (QED) is 0.763. The molecule has 1 heterocycles. The third-order valence-corrected chi connectivity index (χ3v) is 2.22. The molecule has 3 nitrogen and oxygen atoms in total. The molecule has 0 aliphatic rings. The maximum absolute atomic E-state index is 5.73. The zero-order valence-electron chi connectivity index (χ0n) is 8.64. The molecule has 1 aromatic heterocycles. The first-order valence-electron chi connectivity index (χ1n) is 4.94. The fourth-order valence-electron chi connectivity index (χ4n) is 1.28. The third-order valence-electron chi connectivity index (χ3n) is 2.01. The van der Waals surface area contributed by atoms with Crippen molar-refractivity contribution in [3.8, 4) is 0 Å². The fraction of sp³-hybridized carbons (Fsp3) is 0.167. The standard InChI is InChI=1S/C12H11ClN2O/c13-11-6-7-14-12(15-11)9-16-8-10-4-2-1-3-5-10/h1-7H,8-9H2. The second kappa shape index (κ2) is 5.58. The normalized spacial score (nSPS) is 10.3. The van der Waals surface area contributed by atoms with Gasteiger partial charge in [-0.05, 0) is 11.6 Å².